The summed E-state index contributed by atoms with van der Waals surface area (Å²) < 4.78 is 5.62. The second-order valence-electron chi connectivity index (χ2n) is 6.22. The van der Waals surface area contributed by atoms with Crippen LogP contribution in [0.15, 0.2) is 29.6 Å². The zero-order valence-electron chi connectivity index (χ0n) is 14.0. The topological polar surface area (TPSA) is 64.3 Å². The Bertz CT molecular complexity index is 688. The minimum absolute atomic E-state index is 0.0537. The lowest BCUT2D eigenvalue weighted by atomic mass is 10.0. The number of carbonyl (C=O) groups is 1. The van der Waals surface area contributed by atoms with Gasteiger partial charge in [0, 0.05) is 17.0 Å². The van der Waals surface area contributed by atoms with Gasteiger partial charge in [0.05, 0.1) is 17.2 Å². The maximum Gasteiger partial charge on any atom is 0.255 e. The average molecular weight is 344 g/mol. The van der Waals surface area contributed by atoms with Crippen molar-refractivity contribution in [3.8, 4) is 16.9 Å². The van der Waals surface area contributed by atoms with Gasteiger partial charge in [-0.25, -0.2) is 0 Å². The zero-order chi connectivity index (χ0) is 16.9. The number of benzene rings is 1. The van der Waals surface area contributed by atoms with Crippen LogP contribution in [0.3, 0.4) is 0 Å². The van der Waals surface area contributed by atoms with Crippen molar-refractivity contribution in [2.75, 3.05) is 12.3 Å². The van der Waals surface area contributed by atoms with Crippen molar-refractivity contribution in [3.63, 3.8) is 0 Å². The Morgan fingerprint density at radius 1 is 1.29 bits per heavy atom. The van der Waals surface area contributed by atoms with Crippen LogP contribution in [-0.2, 0) is 0 Å². The fourth-order valence-corrected chi connectivity index (χ4v) is 3.92. The third-order valence-electron chi connectivity index (χ3n) is 4.38. The Balaban J connectivity index is 1.79. The van der Waals surface area contributed by atoms with E-state index in [9.17, 15) is 4.79 Å². The van der Waals surface area contributed by atoms with Crippen molar-refractivity contribution in [2.45, 2.75) is 45.1 Å². The Kier molecular flexibility index (Phi) is 5.41. The number of amides is 1. The molecule has 1 aliphatic rings. The highest BCUT2D eigenvalue weighted by Gasteiger charge is 2.23. The number of nitrogens with one attached hydrogen (secondary N) is 1. The maximum absolute atomic E-state index is 12.7. The van der Waals surface area contributed by atoms with E-state index in [1.807, 2.05) is 29.6 Å². The van der Waals surface area contributed by atoms with Gasteiger partial charge in [0.1, 0.15) is 5.75 Å². The van der Waals surface area contributed by atoms with Crippen LogP contribution in [0.25, 0.3) is 11.1 Å². The molecule has 0 saturated heterocycles. The molecule has 1 saturated carbocycles. The first kappa shape index (κ1) is 16.8. The van der Waals surface area contributed by atoms with Crippen LogP contribution < -0.4 is 15.8 Å². The van der Waals surface area contributed by atoms with Gasteiger partial charge in [0.15, 0.2) is 0 Å². The Morgan fingerprint density at radius 2 is 2.00 bits per heavy atom. The summed E-state index contributed by atoms with van der Waals surface area (Å²) in [6.45, 7) is 2.79. The SMILES string of the molecule is CCCOc1ccc(-c2csc(N)c2C(=O)NC2CCCC2)cc1. The van der Waals surface area contributed by atoms with E-state index in [0.717, 1.165) is 36.1 Å². The Hall–Kier alpha value is -2.01. The molecule has 0 spiro atoms. The fourth-order valence-electron chi connectivity index (χ4n) is 3.10. The molecule has 24 heavy (non-hydrogen) atoms. The van der Waals surface area contributed by atoms with Gasteiger partial charge < -0.3 is 15.8 Å². The number of nitrogens with two attached hydrogens (primary N) is 1. The monoisotopic (exact) mass is 344 g/mol. The standard InChI is InChI=1S/C19H24N2O2S/c1-2-11-23-15-9-7-13(8-10-15)16-12-24-18(20)17(16)19(22)21-14-5-3-4-6-14/h7-10,12,14H,2-6,11,20H2,1H3,(H,21,22). The summed E-state index contributed by atoms with van der Waals surface area (Å²) in [7, 11) is 0. The first-order valence-electron chi connectivity index (χ1n) is 8.60. The fraction of sp³-hybridized carbons (Fsp3) is 0.421. The van der Waals surface area contributed by atoms with Crippen molar-refractivity contribution in [1.82, 2.24) is 5.32 Å². The molecule has 0 unspecified atom stereocenters. The van der Waals surface area contributed by atoms with E-state index in [2.05, 4.69) is 12.2 Å². The first-order chi connectivity index (χ1) is 11.7. The highest BCUT2D eigenvalue weighted by Crippen LogP contribution is 2.34. The molecule has 1 fully saturated rings. The number of nitrogen functional groups attached to an aromatic ring is 1. The maximum atomic E-state index is 12.7. The van der Waals surface area contributed by atoms with Crippen molar-refractivity contribution in [1.29, 1.82) is 0 Å². The number of hydrogen-bond acceptors (Lipinski definition) is 4. The van der Waals surface area contributed by atoms with Crippen molar-refractivity contribution in [3.05, 3.63) is 35.2 Å². The smallest absolute Gasteiger partial charge is 0.255 e. The third-order valence-corrected chi connectivity index (χ3v) is 5.19. The molecule has 3 rings (SSSR count). The second-order valence-corrected chi connectivity index (χ2v) is 7.13. The first-order valence-corrected chi connectivity index (χ1v) is 9.48. The molecule has 3 N–H and O–H groups in total. The normalized spacial score (nSPS) is 14.7. The van der Waals surface area contributed by atoms with E-state index < -0.39 is 0 Å². The van der Waals surface area contributed by atoms with Crippen molar-refractivity contribution >= 4 is 22.2 Å². The quantitative estimate of drug-likeness (QED) is 0.813. The number of carbonyl (C=O) groups excluding carboxylic acids is 1. The summed E-state index contributed by atoms with van der Waals surface area (Å²) >= 11 is 1.42. The summed E-state index contributed by atoms with van der Waals surface area (Å²) in [5.41, 5.74) is 8.58. The van der Waals surface area contributed by atoms with Gasteiger partial charge in [-0.2, -0.15) is 0 Å². The van der Waals surface area contributed by atoms with Gasteiger partial charge in [0.2, 0.25) is 0 Å². The molecular formula is C19H24N2O2S. The van der Waals surface area contributed by atoms with E-state index in [1.165, 1.54) is 24.2 Å². The second kappa shape index (κ2) is 7.71. The zero-order valence-corrected chi connectivity index (χ0v) is 14.8. The number of anilines is 1. The van der Waals surface area contributed by atoms with Gasteiger partial charge in [-0.1, -0.05) is 31.9 Å². The van der Waals surface area contributed by atoms with Crippen LogP contribution in [0.5, 0.6) is 5.75 Å². The molecule has 5 heteroatoms. The highest BCUT2D eigenvalue weighted by atomic mass is 32.1. The predicted molar refractivity (Wildman–Crippen MR) is 99.7 cm³/mol. The summed E-state index contributed by atoms with van der Waals surface area (Å²) in [6, 6.07) is 8.14. The summed E-state index contributed by atoms with van der Waals surface area (Å²) in [5.74, 6) is 0.794. The molecule has 0 radical (unpaired) electrons. The molecule has 1 aromatic carbocycles. The van der Waals surface area contributed by atoms with Gasteiger partial charge >= 0.3 is 0 Å². The van der Waals surface area contributed by atoms with Crippen LogP contribution >= 0.6 is 11.3 Å². The molecule has 1 aromatic heterocycles. The molecule has 0 aliphatic heterocycles. The molecule has 0 bridgehead atoms. The van der Waals surface area contributed by atoms with Gasteiger partial charge in [-0.15, -0.1) is 11.3 Å². The largest absolute Gasteiger partial charge is 0.494 e. The number of hydrogen-bond donors (Lipinski definition) is 2. The van der Waals surface area contributed by atoms with Crippen LogP contribution in [0, 0.1) is 0 Å². The summed E-state index contributed by atoms with van der Waals surface area (Å²) in [5, 5.41) is 5.67. The lowest BCUT2D eigenvalue weighted by Crippen LogP contribution is -2.33. The minimum atomic E-state index is -0.0537. The minimum Gasteiger partial charge on any atom is -0.494 e. The van der Waals surface area contributed by atoms with Crippen LogP contribution in [0.2, 0.25) is 0 Å². The van der Waals surface area contributed by atoms with E-state index in [0.29, 0.717) is 17.2 Å². The lowest BCUT2D eigenvalue weighted by Gasteiger charge is -2.13. The molecule has 1 heterocycles. The molecule has 1 amide bonds. The number of thiophene rings is 1. The van der Waals surface area contributed by atoms with Gasteiger partial charge in [0.25, 0.3) is 5.91 Å². The molecule has 1 aliphatic carbocycles. The van der Waals surface area contributed by atoms with Crippen molar-refractivity contribution in [2.24, 2.45) is 0 Å². The summed E-state index contributed by atoms with van der Waals surface area (Å²) in [4.78, 5) is 12.7. The van der Waals surface area contributed by atoms with Crippen LogP contribution in [0.1, 0.15) is 49.4 Å². The third kappa shape index (κ3) is 3.73. The molecule has 0 atom stereocenters. The Morgan fingerprint density at radius 3 is 2.67 bits per heavy atom. The molecule has 128 valence electrons. The average Bonchev–Trinajstić information content (AvgIpc) is 3.23. The van der Waals surface area contributed by atoms with E-state index in [4.69, 9.17) is 10.5 Å². The van der Waals surface area contributed by atoms with Crippen LogP contribution in [0.4, 0.5) is 5.00 Å². The van der Waals surface area contributed by atoms with E-state index in [-0.39, 0.29) is 11.9 Å². The molecular weight excluding hydrogens is 320 g/mol. The number of rotatable bonds is 6. The molecule has 4 nitrogen and oxygen atoms in total. The summed E-state index contributed by atoms with van der Waals surface area (Å²) in [6.07, 6.45) is 5.49. The number of ether oxygens (including phenoxy) is 1. The predicted octanol–water partition coefficient (Wildman–Crippen LogP) is 4.46. The van der Waals surface area contributed by atoms with Gasteiger partial charge in [-0.05, 0) is 37.0 Å². The van der Waals surface area contributed by atoms with E-state index in [1.54, 1.807) is 0 Å². The Labute approximate surface area is 147 Å². The lowest BCUT2D eigenvalue weighted by molar-refractivity contribution is 0.0940. The van der Waals surface area contributed by atoms with Gasteiger partial charge in [-0.3, -0.25) is 4.79 Å². The highest BCUT2D eigenvalue weighted by molar-refractivity contribution is 7.15. The van der Waals surface area contributed by atoms with Crippen LogP contribution in [-0.4, -0.2) is 18.6 Å². The van der Waals surface area contributed by atoms with Crippen molar-refractivity contribution < 1.29 is 9.53 Å². The van der Waals surface area contributed by atoms with E-state index >= 15 is 0 Å². The molecule has 2 aromatic rings.